The first-order valence-electron chi connectivity index (χ1n) is 8.57. The van der Waals surface area contributed by atoms with Crippen LogP contribution in [0.25, 0.3) is 0 Å². The minimum absolute atomic E-state index is 0.0819. The molecule has 1 atom stereocenters. The number of carbonyl (C=O) groups is 1. The van der Waals surface area contributed by atoms with Crippen LogP contribution in [0.4, 0.5) is 0 Å². The van der Waals surface area contributed by atoms with Crippen molar-refractivity contribution in [3.63, 3.8) is 0 Å². The molecule has 0 radical (unpaired) electrons. The van der Waals surface area contributed by atoms with Crippen molar-refractivity contribution in [2.24, 2.45) is 0 Å². The second-order valence-corrected chi connectivity index (χ2v) is 6.66. The predicted octanol–water partition coefficient (Wildman–Crippen LogP) is 0.928. The van der Waals surface area contributed by atoms with Crippen LogP contribution in [-0.4, -0.2) is 51.8 Å². The van der Waals surface area contributed by atoms with Gasteiger partial charge in [-0.05, 0) is 24.9 Å². The van der Waals surface area contributed by atoms with E-state index in [1.165, 1.54) is 5.56 Å². The molecular weight excluding hydrogens is 320 g/mol. The molecule has 7 heteroatoms. The number of likely N-dealkylation sites (tertiary alicyclic amines) is 1. The molecule has 7 nitrogen and oxygen atoms in total. The SMILES string of the molecule is CNC(=O)Cc1noc(CC2(O)CCCN(Cc3ccccc3)C2)n1. The summed E-state index contributed by atoms with van der Waals surface area (Å²) in [4.78, 5) is 17.9. The number of likely N-dealkylation sites (N-methyl/N-ethyl adjacent to an activating group) is 1. The number of nitrogens with one attached hydrogen (secondary N) is 1. The summed E-state index contributed by atoms with van der Waals surface area (Å²) in [6.45, 7) is 2.34. The van der Waals surface area contributed by atoms with Crippen LogP contribution in [0.15, 0.2) is 34.9 Å². The molecule has 3 rings (SSSR count). The molecule has 1 aromatic carbocycles. The maximum absolute atomic E-state index is 11.4. The zero-order valence-electron chi connectivity index (χ0n) is 14.4. The number of hydrogen-bond donors (Lipinski definition) is 2. The molecule has 1 aromatic heterocycles. The van der Waals surface area contributed by atoms with Gasteiger partial charge in [-0.15, -0.1) is 0 Å². The van der Waals surface area contributed by atoms with E-state index >= 15 is 0 Å². The standard InChI is InChI=1S/C18H24N4O3/c1-19-16(23)10-15-20-17(25-21-15)11-18(24)8-5-9-22(13-18)12-14-6-3-2-4-7-14/h2-4,6-7,24H,5,8-13H2,1H3,(H,19,23). The molecule has 1 saturated heterocycles. The van der Waals surface area contributed by atoms with Crippen LogP contribution in [0, 0.1) is 0 Å². The number of piperidine rings is 1. The number of aromatic nitrogens is 2. The molecule has 134 valence electrons. The molecule has 1 fully saturated rings. The first kappa shape index (κ1) is 17.6. The van der Waals surface area contributed by atoms with Crippen molar-refractivity contribution in [3.05, 3.63) is 47.6 Å². The van der Waals surface area contributed by atoms with Gasteiger partial charge in [0.05, 0.1) is 18.4 Å². The lowest BCUT2D eigenvalue weighted by molar-refractivity contribution is -0.120. The Bertz CT molecular complexity index is 703. The van der Waals surface area contributed by atoms with E-state index in [2.05, 4.69) is 32.5 Å². The zero-order chi connectivity index (χ0) is 17.7. The Balaban J connectivity index is 1.60. The number of amides is 1. The molecule has 0 aliphatic carbocycles. The summed E-state index contributed by atoms with van der Waals surface area (Å²) in [7, 11) is 1.56. The van der Waals surface area contributed by atoms with Crippen molar-refractivity contribution >= 4 is 5.91 Å². The van der Waals surface area contributed by atoms with E-state index < -0.39 is 5.60 Å². The monoisotopic (exact) mass is 344 g/mol. The quantitative estimate of drug-likeness (QED) is 0.810. The topological polar surface area (TPSA) is 91.5 Å². The summed E-state index contributed by atoms with van der Waals surface area (Å²) < 4.78 is 5.21. The van der Waals surface area contributed by atoms with E-state index in [0.717, 1.165) is 19.5 Å². The van der Waals surface area contributed by atoms with Gasteiger partial charge in [-0.1, -0.05) is 35.5 Å². The molecule has 1 aliphatic heterocycles. The van der Waals surface area contributed by atoms with E-state index in [9.17, 15) is 9.90 Å². The maximum atomic E-state index is 11.4. The first-order chi connectivity index (χ1) is 12.1. The Hall–Kier alpha value is -2.25. The fourth-order valence-corrected chi connectivity index (χ4v) is 3.27. The molecule has 2 aromatic rings. The molecule has 0 bridgehead atoms. The van der Waals surface area contributed by atoms with Crippen LogP contribution in [0.1, 0.15) is 30.1 Å². The van der Waals surface area contributed by atoms with Gasteiger partial charge in [-0.2, -0.15) is 4.98 Å². The Morgan fingerprint density at radius 1 is 1.40 bits per heavy atom. The van der Waals surface area contributed by atoms with Gasteiger partial charge in [0.2, 0.25) is 11.8 Å². The minimum Gasteiger partial charge on any atom is -0.388 e. The lowest BCUT2D eigenvalue weighted by Gasteiger charge is -2.38. The summed E-state index contributed by atoms with van der Waals surface area (Å²) in [6, 6.07) is 10.2. The molecule has 0 saturated carbocycles. The van der Waals surface area contributed by atoms with E-state index in [1.807, 2.05) is 18.2 Å². The summed E-state index contributed by atoms with van der Waals surface area (Å²) >= 11 is 0. The Labute approximate surface area is 147 Å². The highest BCUT2D eigenvalue weighted by molar-refractivity contribution is 5.77. The molecule has 2 N–H and O–H groups in total. The van der Waals surface area contributed by atoms with Gasteiger partial charge in [-0.3, -0.25) is 9.69 Å². The van der Waals surface area contributed by atoms with Gasteiger partial charge in [0, 0.05) is 20.1 Å². The number of benzene rings is 1. The number of β-amino-alcohol motifs (C(OH)–C–C–N with tert-alkyl or cyclic N) is 1. The molecule has 1 amide bonds. The summed E-state index contributed by atoms with van der Waals surface area (Å²) in [6.07, 6.45) is 2.01. The second kappa shape index (κ2) is 7.76. The Kier molecular flexibility index (Phi) is 5.45. The van der Waals surface area contributed by atoms with E-state index in [1.54, 1.807) is 7.05 Å². The van der Waals surface area contributed by atoms with Gasteiger partial charge < -0.3 is 14.9 Å². The van der Waals surface area contributed by atoms with Gasteiger partial charge in [0.25, 0.3) is 0 Å². The number of hydrogen-bond acceptors (Lipinski definition) is 6. The average molecular weight is 344 g/mol. The van der Waals surface area contributed by atoms with Gasteiger partial charge in [0.15, 0.2) is 5.82 Å². The largest absolute Gasteiger partial charge is 0.388 e. The second-order valence-electron chi connectivity index (χ2n) is 6.66. The maximum Gasteiger partial charge on any atom is 0.229 e. The van der Waals surface area contributed by atoms with Gasteiger partial charge in [0.1, 0.15) is 0 Å². The van der Waals surface area contributed by atoms with Crippen LogP contribution >= 0.6 is 0 Å². The highest BCUT2D eigenvalue weighted by Crippen LogP contribution is 2.26. The average Bonchev–Trinajstić information content (AvgIpc) is 3.01. The molecule has 1 aliphatic rings. The number of nitrogens with zero attached hydrogens (tertiary/aromatic N) is 3. The van der Waals surface area contributed by atoms with Crippen molar-refractivity contribution in [3.8, 4) is 0 Å². The van der Waals surface area contributed by atoms with Crippen LogP contribution in [-0.2, 0) is 24.2 Å². The van der Waals surface area contributed by atoms with Crippen molar-refractivity contribution in [1.82, 2.24) is 20.4 Å². The molecule has 2 heterocycles. The smallest absolute Gasteiger partial charge is 0.229 e. The van der Waals surface area contributed by atoms with Crippen LogP contribution in [0.3, 0.4) is 0 Å². The molecule has 1 unspecified atom stereocenters. The van der Waals surface area contributed by atoms with Gasteiger partial charge >= 0.3 is 0 Å². The lowest BCUT2D eigenvalue weighted by atomic mass is 9.89. The van der Waals surface area contributed by atoms with Crippen molar-refractivity contribution in [1.29, 1.82) is 0 Å². The number of carbonyl (C=O) groups excluding carboxylic acids is 1. The lowest BCUT2D eigenvalue weighted by Crippen LogP contribution is -2.49. The summed E-state index contributed by atoms with van der Waals surface area (Å²) in [5, 5.41) is 17.3. The minimum atomic E-state index is -0.885. The summed E-state index contributed by atoms with van der Waals surface area (Å²) in [5.41, 5.74) is 0.349. The van der Waals surface area contributed by atoms with E-state index in [-0.39, 0.29) is 12.3 Å². The highest BCUT2D eigenvalue weighted by Gasteiger charge is 2.35. The number of aliphatic hydroxyl groups is 1. The fourth-order valence-electron chi connectivity index (χ4n) is 3.27. The van der Waals surface area contributed by atoms with Crippen LogP contribution in [0.2, 0.25) is 0 Å². The Morgan fingerprint density at radius 3 is 2.96 bits per heavy atom. The molecule has 25 heavy (non-hydrogen) atoms. The first-order valence-corrected chi connectivity index (χ1v) is 8.57. The number of rotatable bonds is 6. The van der Waals surface area contributed by atoms with E-state index in [4.69, 9.17) is 4.52 Å². The van der Waals surface area contributed by atoms with Crippen LogP contribution in [0.5, 0.6) is 0 Å². The van der Waals surface area contributed by atoms with Crippen molar-refractivity contribution in [2.75, 3.05) is 20.1 Å². The predicted molar refractivity (Wildman–Crippen MR) is 91.7 cm³/mol. The molecule has 0 spiro atoms. The third-order valence-corrected chi connectivity index (χ3v) is 4.47. The zero-order valence-corrected chi connectivity index (χ0v) is 14.4. The van der Waals surface area contributed by atoms with Gasteiger partial charge in [-0.25, -0.2) is 0 Å². The highest BCUT2D eigenvalue weighted by atomic mass is 16.5. The third kappa shape index (κ3) is 4.87. The normalized spacial score (nSPS) is 21.2. The summed E-state index contributed by atoms with van der Waals surface area (Å²) in [5.74, 6) is 0.552. The van der Waals surface area contributed by atoms with Crippen molar-refractivity contribution < 1.29 is 14.4 Å². The third-order valence-electron chi connectivity index (χ3n) is 4.47. The van der Waals surface area contributed by atoms with Crippen LogP contribution < -0.4 is 5.32 Å². The Morgan fingerprint density at radius 2 is 2.20 bits per heavy atom. The fraction of sp³-hybridized carbons (Fsp3) is 0.500. The molecular formula is C18H24N4O3. The van der Waals surface area contributed by atoms with Crippen molar-refractivity contribution in [2.45, 2.75) is 37.8 Å². The van der Waals surface area contributed by atoms with E-state index in [0.29, 0.717) is 31.1 Å².